The zero-order chi connectivity index (χ0) is 17.4. The van der Waals surface area contributed by atoms with Crippen molar-refractivity contribution in [3.63, 3.8) is 0 Å². The highest BCUT2D eigenvalue weighted by Crippen LogP contribution is 2.33. The largest absolute Gasteiger partial charge is 0.492 e. The van der Waals surface area contributed by atoms with Crippen LogP contribution in [0.5, 0.6) is 10.9 Å². The molecule has 2 aromatic rings. The average Bonchev–Trinajstić information content (AvgIpc) is 3.05. The van der Waals surface area contributed by atoms with Gasteiger partial charge in [0.25, 0.3) is 11.1 Å². The second kappa shape index (κ2) is 6.23. The number of nitrogens with zero attached hydrogens (tertiary/aromatic N) is 1. The minimum Gasteiger partial charge on any atom is -0.481 e. The third kappa shape index (κ3) is 3.11. The summed E-state index contributed by atoms with van der Waals surface area (Å²) in [7, 11) is -1.22. The van der Waals surface area contributed by atoms with Gasteiger partial charge in [0.2, 0.25) is 0 Å². The highest BCUT2D eigenvalue weighted by molar-refractivity contribution is 7.15. The Hall–Kier alpha value is -2.43. The molecule has 10 heteroatoms. The number of primary amides is 1. The summed E-state index contributed by atoms with van der Waals surface area (Å²) in [5.74, 6) is -1.20. The van der Waals surface area contributed by atoms with Gasteiger partial charge in [-0.05, 0) is 35.6 Å². The van der Waals surface area contributed by atoms with Crippen LogP contribution >= 0.6 is 11.3 Å². The number of carboxylic acid groups (broad SMARTS) is 1. The predicted molar refractivity (Wildman–Crippen MR) is 85.6 cm³/mol. The molecule has 0 bridgehead atoms. The lowest BCUT2D eigenvalue weighted by Crippen LogP contribution is -2.28. The molecule has 1 aliphatic rings. The van der Waals surface area contributed by atoms with E-state index in [1.807, 2.05) is 0 Å². The fraction of sp³-hybridized carbons (Fsp3) is 0.214. The quantitative estimate of drug-likeness (QED) is 0.673. The Labute approximate surface area is 141 Å². The van der Waals surface area contributed by atoms with E-state index in [1.165, 1.54) is 6.20 Å². The molecule has 3 rings (SSSR count). The lowest BCUT2D eigenvalue weighted by molar-refractivity contribution is -0.138. The molecule has 124 valence electrons. The number of benzene rings is 1. The smallest absolute Gasteiger partial charge is 0.481 e. The summed E-state index contributed by atoms with van der Waals surface area (Å²) >= 11 is 1.01. The van der Waals surface area contributed by atoms with E-state index in [0.29, 0.717) is 16.8 Å². The number of aromatic nitrogens is 1. The summed E-state index contributed by atoms with van der Waals surface area (Å²) < 4.78 is 10.9. The highest BCUT2D eigenvalue weighted by Gasteiger charge is 2.38. The number of amides is 1. The summed E-state index contributed by atoms with van der Waals surface area (Å²) in [6, 6.07) is 3.26. The van der Waals surface area contributed by atoms with Gasteiger partial charge in [-0.25, -0.2) is 4.98 Å². The van der Waals surface area contributed by atoms with Crippen molar-refractivity contribution in [2.75, 3.05) is 0 Å². The number of rotatable bonds is 5. The second-order valence-electron chi connectivity index (χ2n) is 5.27. The Morgan fingerprint density at radius 3 is 2.88 bits per heavy atom. The number of nitrogens with two attached hydrogens (primary N) is 1. The van der Waals surface area contributed by atoms with Crippen molar-refractivity contribution >= 4 is 35.8 Å². The van der Waals surface area contributed by atoms with E-state index in [-0.39, 0.29) is 16.5 Å². The molecule has 0 saturated carbocycles. The maximum absolute atomic E-state index is 11.1. The molecule has 1 aliphatic heterocycles. The van der Waals surface area contributed by atoms with E-state index in [1.54, 1.807) is 19.1 Å². The van der Waals surface area contributed by atoms with E-state index in [0.717, 1.165) is 16.9 Å². The van der Waals surface area contributed by atoms with Crippen molar-refractivity contribution in [2.45, 2.75) is 19.4 Å². The molecule has 4 N–H and O–H groups in total. The zero-order valence-corrected chi connectivity index (χ0v) is 13.4. The fourth-order valence-electron chi connectivity index (χ4n) is 2.62. The highest BCUT2D eigenvalue weighted by atomic mass is 32.1. The molecule has 1 amide bonds. The Bertz CT molecular complexity index is 824. The summed E-state index contributed by atoms with van der Waals surface area (Å²) in [6.45, 7) is 1.78. The van der Waals surface area contributed by atoms with Gasteiger partial charge in [-0.2, -0.15) is 0 Å². The van der Waals surface area contributed by atoms with E-state index in [2.05, 4.69) is 4.98 Å². The predicted octanol–water partition coefficient (Wildman–Crippen LogP) is 0.576. The van der Waals surface area contributed by atoms with Crippen LogP contribution in [0.15, 0.2) is 18.3 Å². The molecular weight excluding hydrogens is 335 g/mol. The van der Waals surface area contributed by atoms with Gasteiger partial charge in [-0.15, -0.1) is 0 Å². The third-order valence-corrected chi connectivity index (χ3v) is 4.46. The van der Waals surface area contributed by atoms with Crippen LogP contribution in [0.4, 0.5) is 0 Å². The van der Waals surface area contributed by atoms with Gasteiger partial charge in [0.05, 0.1) is 18.7 Å². The molecule has 0 saturated heterocycles. The molecule has 1 aromatic carbocycles. The number of hydrogen-bond donors (Lipinski definition) is 3. The number of ether oxygens (including phenoxy) is 1. The molecule has 0 fully saturated rings. The van der Waals surface area contributed by atoms with Crippen molar-refractivity contribution in [1.29, 1.82) is 0 Å². The first-order valence-corrected chi connectivity index (χ1v) is 7.80. The Morgan fingerprint density at radius 1 is 1.50 bits per heavy atom. The van der Waals surface area contributed by atoms with Gasteiger partial charge in [0.15, 0.2) is 0 Å². The second-order valence-corrected chi connectivity index (χ2v) is 6.27. The molecule has 0 unspecified atom stereocenters. The maximum Gasteiger partial charge on any atom is 0.492 e. The van der Waals surface area contributed by atoms with E-state index in [9.17, 15) is 14.6 Å². The van der Waals surface area contributed by atoms with Crippen LogP contribution in [0.2, 0.25) is 0 Å². The molecule has 0 radical (unpaired) electrons. The van der Waals surface area contributed by atoms with Crippen LogP contribution in [0.1, 0.15) is 33.3 Å². The average molecular weight is 348 g/mol. The van der Waals surface area contributed by atoms with E-state index in [4.69, 9.17) is 20.2 Å². The van der Waals surface area contributed by atoms with Crippen LogP contribution in [0, 0.1) is 6.92 Å². The van der Waals surface area contributed by atoms with Gasteiger partial charge in [0, 0.05) is 0 Å². The number of carbonyl (C=O) groups excluding carboxylic acids is 1. The Balaban J connectivity index is 1.89. The lowest BCUT2D eigenvalue weighted by atomic mass is 9.77. The fourth-order valence-corrected chi connectivity index (χ4v) is 3.26. The number of aryl methyl sites for hydroxylation is 1. The number of carbonyl (C=O) groups is 2. The zero-order valence-electron chi connectivity index (χ0n) is 12.6. The Kier molecular flexibility index (Phi) is 4.27. The van der Waals surface area contributed by atoms with E-state index >= 15 is 0 Å². The normalized spacial score (nSPS) is 16.1. The van der Waals surface area contributed by atoms with Crippen LogP contribution in [0.25, 0.3) is 0 Å². The SMILES string of the molecule is Cc1cc(Oc2ncc(C(N)=O)s2)cc2c1[C@H](CC(=O)O)OB2O. The summed E-state index contributed by atoms with van der Waals surface area (Å²) in [6.07, 6.45) is 0.381. The molecule has 1 aromatic heterocycles. The summed E-state index contributed by atoms with van der Waals surface area (Å²) in [4.78, 5) is 26.2. The van der Waals surface area contributed by atoms with Crippen molar-refractivity contribution in [3.05, 3.63) is 34.3 Å². The summed E-state index contributed by atoms with van der Waals surface area (Å²) in [5.41, 5.74) is 7.01. The topological polar surface area (TPSA) is 132 Å². The first-order chi connectivity index (χ1) is 11.3. The van der Waals surface area contributed by atoms with Crippen LogP contribution < -0.4 is 15.9 Å². The van der Waals surface area contributed by atoms with Crippen molar-refractivity contribution in [2.24, 2.45) is 5.73 Å². The molecular formula is C14H13BN2O6S. The van der Waals surface area contributed by atoms with Crippen molar-refractivity contribution < 1.29 is 29.1 Å². The maximum atomic E-state index is 11.1. The number of carboxylic acids is 1. The number of hydrogen-bond acceptors (Lipinski definition) is 7. The molecule has 24 heavy (non-hydrogen) atoms. The third-order valence-electron chi connectivity index (χ3n) is 3.57. The van der Waals surface area contributed by atoms with Crippen molar-refractivity contribution in [1.82, 2.24) is 4.98 Å². The molecule has 1 atom stereocenters. The van der Waals surface area contributed by atoms with Crippen LogP contribution in [0.3, 0.4) is 0 Å². The first kappa shape index (κ1) is 16.4. The van der Waals surface area contributed by atoms with Gasteiger partial charge < -0.3 is 25.3 Å². The molecule has 8 nitrogen and oxygen atoms in total. The van der Waals surface area contributed by atoms with E-state index < -0.39 is 25.1 Å². The Morgan fingerprint density at radius 2 is 2.25 bits per heavy atom. The first-order valence-electron chi connectivity index (χ1n) is 6.98. The standard InChI is InChI=1S/C14H13BN2O6S/c1-6-2-7(22-14-17-5-10(24-14)13(16)20)3-8-12(6)9(4-11(18)19)23-15(8)21/h2-3,5,9,21H,4H2,1H3,(H2,16,20)(H,18,19)/t9-/m0/s1. The number of fused-ring (bicyclic) bond motifs is 1. The molecule has 0 aliphatic carbocycles. The summed E-state index contributed by atoms with van der Waals surface area (Å²) in [5, 5.41) is 19.2. The molecule has 2 heterocycles. The van der Waals surface area contributed by atoms with Gasteiger partial charge >= 0.3 is 13.1 Å². The number of thiazole rings is 1. The minimum atomic E-state index is -1.22. The van der Waals surface area contributed by atoms with Gasteiger partial charge in [-0.1, -0.05) is 11.3 Å². The minimum absolute atomic E-state index is 0.235. The monoisotopic (exact) mass is 348 g/mol. The van der Waals surface area contributed by atoms with Gasteiger partial charge in [0.1, 0.15) is 10.6 Å². The van der Waals surface area contributed by atoms with Crippen molar-refractivity contribution in [3.8, 4) is 10.9 Å². The van der Waals surface area contributed by atoms with Crippen LogP contribution in [-0.4, -0.2) is 34.1 Å². The lowest BCUT2D eigenvalue weighted by Gasteiger charge is -2.13. The van der Waals surface area contributed by atoms with Crippen LogP contribution in [-0.2, 0) is 9.45 Å². The van der Waals surface area contributed by atoms with Gasteiger partial charge in [-0.3, -0.25) is 9.59 Å². The number of aliphatic carboxylic acids is 1. The molecule has 0 spiro atoms.